The molecule has 3 heterocycles. The maximum Gasteiger partial charge on any atom is 0.255 e. The summed E-state index contributed by atoms with van der Waals surface area (Å²) in [7, 11) is 1.40. The van der Waals surface area contributed by atoms with Gasteiger partial charge in [-0.25, -0.2) is 14.4 Å². The van der Waals surface area contributed by atoms with E-state index in [0.717, 1.165) is 5.56 Å². The first-order chi connectivity index (χ1) is 18.8. The number of hydrogen-bond donors (Lipinski definition) is 3. The van der Waals surface area contributed by atoms with Gasteiger partial charge in [-0.15, -0.1) is 0 Å². The number of aliphatic hydroxyl groups excluding tert-OH is 1. The van der Waals surface area contributed by atoms with Crippen molar-refractivity contribution >= 4 is 29.4 Å². The quantitative estimate of drug-likeness (QED) is 0.368. The summed E-state index contributed by atoms with van der Waals surface area (Å²) >= 11 is 6.39. The highest BCUT2D eigenvalue weighted by atomic mass is 35.5. The SMILES string of the molecule is COc1cc(F)cc([C@@H](CO)NC(=O)[C@@H](C)N2Cc3ccc(-c4nc(NC5COC5)ncc4Cl)cc3C2=O)c1. The van der Waals surface area contributed by atoms with Gasteiger partial charge in [0.2, 0.25) is 11.9 Å². The fourth-order valence-electron chi connectivity index (χ4n) is 4.50. The van der Waals surface area contributed by atoms with E-state index in [-0.39, 0.29) is 24.2 Å². The van der Waals surface area contributed by atoms with Crippen LogP contribution in [0.25, 0.3) is 11.3 Å². The molecular formula is C27H27ClFN5O5. The second-order valence-corrected chi connectivity index (χ2v) is 9.83. The number of nitrogens with one attached hydrogen (secondary N) is 2. The van der Waals surface area contributed by atoms with Gasteiger partial charge in [0.1, 0.15) is 17.6 Å². The number of carbonyl (C=O) groups excluding carboxylic acids is 2. The lowest BCUT2D eigenvalue weighted by atomic mass is 10.0. The molecule has 1 aromatic heterocycles. The molecule has 2 aromatic carbocycles. The van der Waals surface area contributed by atoms with Crippen molar-refractivity contribution in [2.45, 2.75) is 31.6 Å². The molecule has 0 radical (unpaired) electrons. The lowest BCUT2D eigenvalue weighted by molar-refractivity contribution is -0.126. The Kier molecular flexibility index (Phi) is 7.65. The number of aliphatic hydroxyl groups is 1. The Morgan fingerprint density at radius 2 is 2.10 bits per heavy atom. The first kappa shape index (κ1) is 26.8. The zero-order valence-corrected chi connectivity index (χ0v) is 22.0. The van der Waals surface area contributed by atoms with Gasteiger partial charge < -0.3 is 30.1 Å². The minimum atomic E-state index is -0.884. The Morgan fingerprint density at radius 1 is 1.31 bits per heavy atom. The minimum Gasteiger partial charge on any atom is -0.497 e. The number of fused-ring (bicyclic) bond motifs is 1. The number of aromatic nitrogens is 2. The summed E-state index contributed by atoms with van der Waals surface area (Å²) in [4.78, 5) is 36.7. The molecule has 0 saturated carbocycles. The van der Waals surface area contributed by atoms with Crippen molar-refractivity contribution in [1.82, 2.24) is 20.2 Å². The molecule has 1 saturated heterocycles. The van der Waals surface area contributed by atoms with Gasteiger partial charge in [0.15, 0.2) is 0 Å². The normalized spacial score (nSPS) is 16.3. The van der Waals surface area contributed by atoms with E-state index in [9.17, 15) is 19.1 Å². The Balaban J connectivity index is 1.32. The van der Waals surface area contributed by atoms with Crippen LogP contribution in [0.15, 0.2) is 42.6 Å². The molecule has 1 fully saturated rings. The number of carbonyl (C=O) groups is 2. The summed E-state index contributed by atoms with van der Waals surface area (Å²) in [5, 5.41) is 16.1. The van der Waals surface area contributed by atoms with Crippen LogP contribution in [-0.2, 0) is 16.1 Å². The largest absolute Gasteiger partial charge is 0.497 e. The van der Waals surface area contributed by atoms with Crippen LogP contribution in [0.5, 0.6) is 5.75 Å². The second kappa shape index (κ2) is 11.1. The van der Waals surface area contributed by atoms with E-state index >= 15 is 0 Å². The van der Waals surface area contributed by atoms with Crippen molar-refractivity contribution in [2.24, 2.45) is 0 Å². The number of nitrogens with zero attached hydrogens (tertiary/aromatic N) is 3. The Bertz CT molecular complexity index is 1420. The van der Waals surface area contributed by atoms with Crippen LogP contribution in [-0.4, -0.2) is 70.8 Å². The summed E-state index contributed by atoms with van der Waals surface area (Å²) in [5.41, 5.74) is 2.66. The van der Waals surface area contributed by atoms with E-state index in [1.165, 1.54) is 36.4 Å². The van der Waals surface area contributed by atoms with Crippen LogP contribution in [0.3, 0.4) is 0 Å². The highest BCUT2D eigenvalue weighted by Gasteiger charge is 2.35. The first-order valence-corrected chi connectivity index (χ1v) is 12.7. The van der Waals surface area contributed by atoms with Gasteiger partial charge >= 0.3 is 0 Å². The molecule has 0 spiro atoms. The predicted octanol–water partition coefficient (Wildman–Crippen LogP) is 2.95. The van der Waals surface area contributed by atoms with Crippen LogP contribution in [0.4, 0.5) is 10.3 Å². The van der Waals surface area contributed by atoms with Gasteiger partial charge in [0.05, 0.1) is 55.9 Å². The molecule has 2 aliphatic rings. The Hall–Kier alpha value is -3.80. The van der Waals surface area contributed by atoms with Gasteiger partial charge in [-0.2, -0.15) is 0 Å². The Labute approximate surface area is 229 Å². The van der Waals surface area contributed by atoms with E-state index < -0.39 is 30.4 Å². The van der Waals surface area contributed by atoms with Gasteiger partial charge in [0.25, 0.3) is 5.91 Å². The van der Waals surface area contributed by atoms with E-state index in [2.05, 4.69) is 20.6 Å². The zero-order chi connectivity index (χ0) is 27.7. The molecular weight excluding hydrogens is 529 g/mol. The maximum atomic E-state index is 14.0. The predicted molar refractivity (Wildman–Crippen MR) is 141 cm³/mol. The standard InChI is InChI=1S/C27H27ClFN5O5/c1-14(25(36)32-23(11-35)17-5-18(29)8-20(6-17)38-2)34-10-16-4-3-15(7-21(16)26(34)37)24-22(28)9-30-27(33-24)31-19-12-39-13-19/h3-9,14,19,23,35H,10-13H2,1-2H3,(H,32,36)(H,30,31,33)/t14-,23-/m1/s1. The van der Waals surface area contributed by atoms with Gasteiger partial charge in [-0.05, 0) is 36.2 Å². The molecule has 12 heteroatoms. The topological polar surface area (TPSA) is 126 Å². The smallest absolute Gasteiger partial charge is 0.255 e. The summed E-state index contributed by atoms with van der Waals surface area (Å²) in [6.45, 7) is 2.51. The van der Waals surface area contributed by atoms with Crippen molar-refractivity contribution in [1.29, 1.82) is 0 Å². The average Bonchev–Trinajstić information content (AvgIpc) is 3.24. The van der Waals surface area contributed by atoms with E-state index in [1.54, 1.807) is 13.0 Å². The molecule has 10 nitrogen and oxygen atoms in total. The molecule has 0 aliphatic carbocycles. The fraction of sp³-hybridized carbons (Fsp3) is 0.333. The highest BCUT2D eigenvalue weighted by Crippen LogP contribution is 2.32. The van der Waals surface area contributed by atoms with E-state index in [1.807, 2.05) is 12.1 Å². The number of halogens is 2. The van der Waals surface area contributed by atoms with Crippen LogP contribution < -0.4 is 15.4 Å². The van der Waals surface area contributed by atoms with E-state index in [0.29, 0.717) is 46.6 Å². The van der Waals surface area contributed by atoms with Crippen molar-refractivity contribution in [2.75, 3.05) is 32.2 Å². The zero-order valence-electron chi connectivity index (χ0n) is 21.3. The van der Waals surface area contributed by atoms with Gasteiger partial charge in [0, 0.05) is 23.7 Å². The first-order valence-electron chi connectivity index (χ1n) is 12.3. The molecule has 39 heavy (non-hydrogen) atoms. The van der Waals surface area contributed by atoms with Gasteiger partial charge in [-0.1, -0.05) is 23.7 Å². The highest BCUT2D eigenvalue weighted by molar-refractivity contribution is 6.33. The number of hydrogen-bond acceptors (Lipinski definition) is 8. The number of rotatable bonds is 9. The van der Waals surface area contributed by atoms with Crippen LogP contribution in [0.1, 0.15) is 34.5 Å². The Morgan fingerprint density at radius 3 is 2.79 bits per heavy atom. The van der Waals surface area contributed by atoms with Crippen LogP contribution in [0, 0.1) is 5.82 Å². The molecule has 204 valence electrons. The van der Waals surface area contributed by atoms with Gasteiger partial charge in [-0.3, -0.25) is 9.59 Å². The number of benzene rings is 2. The molecule has 0 bridgehead atoms. The summed E-state index contributed by atoms with van der Waals surface area (Å²) in [5.74, 6) is -0.702. The molecule has 3 aromatic rings. The fourth-order valence-corrected chi connectivity index (χ4v) is 4.70. The van der Waals surface area contributed by atoms with Crippen LogP contribution >= 0.6 is 11.6 Å². The summed E-state index contributed by atoms with van der Waals surface area (Å²) in [6.07, 6.45) is 1.51. The third kappa shape index (κ3) is 5.51. The molecule has 5 rings (SSSR count). The number of methoxy groups -OCH3 is 1. The second-order valence-electron chi connectivity index (χ2n) is 9.42. The van der Waals surface area contributed by atoms with Crippen molar-refractivity contribution in [3.8, 4) is 17.0 Å². The van der Waals surface area contributed by atoms with Crippen molar-refractivity contribution in [3.63, 3.8) is 0 Å². The maximum absolute atomic E-state index is 14.0. The lowest BCUT2D eigenvalue weighted by Crippen LogP contribution is -2.46. The molecule has 0 unspecified atom stereocenters. The molecule has 2 amide bonds. The van der Waals surface area contributed by atoms with Crippen molar-refractivity contribution in [3.05, 3.63) is 70.1 Å². The van der Waals surface area contributed by atoms with Crippen LogP contribution in [0.2, 0.25) is 5.02 Å². The molecule has 3 N–H and O–H groups in total. The van der Waals surface area contributed by atoms with E-state index in [4.69, 9.17) is 21.1 Å². The lowest BCUT2D eigenvalue weighted by Gasteiger charge is -2.26. The number of ether oxygens (including phenoxy) is 2. The average molecular weight is 556 g/mol. The number of anilines is 1. The summed E-state index contributed by atoms with van der Waals surface area (Å²) < 4.78 is 24.2. The third-order valence-corrected chi connectivity index (χ3v) is 7.08. The summed E-state index contributed by atoms with van der Waals surface area (Å²) in [6, 6.07) is 7.69. The van der Waals surface area contributed by atoms with Crippen molar-refractivity contribution < 1.29 is 28.6 Å². The molecule has 2 aliphatic heterocycles. The minimum absolute atomic E-state index is 0.134. The third-order valence-electron chi connectivity index (χ3n) is 6.81. The monoisotopic (exact) mass is 555 g/mol. The number of amides is 2. The molecule has 2 atom stereocenters.